The van der Waals surface area contributed by atoms with Crippen molar-refractivity contribution in [1.29, 1.82) is 0 Å². The topological polar surface area (TPSA) is 44.4 Å². The minimum Gasteiger partial charge on any atom is -0.339 e. The first-order valence-corrected chi connectivity index (χ1v) is 7.46. The standard InChI is InChI=1S/C14H25N3O/c1-11-9-17(7-6-16-11)13(18)14-5-3-2-4-12(14)8-15-10-14/h11-12,15-16H,2-10H2,1H3/t11?,12-,14+/m0/s1. The number of rotatable bonds is 1. The van der Waals surface area contributed by atoms with Crippen molar-refractivity contribution >= 4 is 5.91 Å². The maximum Gasteiger partial charge on any atom is 0.230 e. The molecule has 0 radical (unpaired) electrons. The molecule has 0 bridgehead atoms. The predicted molar refractivity (Wildman–Crippen MR) is 71.3 cm³/mol. The Morgan fingerprint density at radius 3 is 3.11 bits per heavy atom. The SMILES string of the molecule is CC1CN(C(=O)[C@@]23CCCC[C@H]2CNC3)CCN1. The molecule has 0 aromatic carbocycles. The van der Waals surface area contributed by atoms with Crippen molar-refractivity contribution in [3.8, 4) is 0 Å². The van der Waals surface area contributed by atoms with Crippen LogP contribution in [-0.4, -0.2) is 49.6 Å². The summed E-state index contributed by atoms with van der Waals surface area (Å²) in [6.07, 6.45) is 4.87. The number of carbonyl (C=O) groups is 1. The van der Waals surface area contributed by atoms with Gasteiger partial charge in [-0.2, -0.15) is 0 Å². The molecule has 2 N–H and O–H groups in total. The molecular formula is C14H25N3O. The molecule has 1 amide bonds. The van der Waals surface area contributed by atoms with Gasteiger partial charge >= 0.3 is 0 Å². The van der Waals surface area contributed by atoms with Gasteiger partial charge in [-0.25, -0.2) is 0 Å². The molecule has 3 fully saturated rings. The molecule has 2 aliphatic heterocycles. The summed E-state index contributed by atoms with van der Waals surface area (Å²) in [5, 5.41) is 6.89. The number of nitrogens with zero attached hydrogens (tertiary/aromatic N) is 1. The van der Waals surface area contributed by atoms with Gasteiger partial charge in [-0.15, -0.1) is 0 Å². The van der Waals surface area contributed by atoms with Crippen LogP contribution in [0.3, 0.4) is 0 Å². The van der Waals surface area contributed by atoms with Crippen molar-refractivity contribution in [3.05, 3.63) is 0 Å². The van der Waals surface area contributed by atoms with E-state index in [2.05, 4.69) is 22.5 Å². The van der Waals surface area contributed by atoms with Crippen LogP contribution in [0.4, 0.5) is 0 Å². The van der Waals surface area contributed by atoms with E-state index in [1.165, 1.54) is 19.3 Å². The predicted octanol–water partition coefficient (Wildman–Crippen LogP) is 0.587. The monoisotopic (exact) mass is 251 g/mol. The molecule has 18 heavy (non-hydrogen) atoms. The first-order valence-electron chi connectivity index (χ1n) is 7.46. The van der Waals surface area contributed by atoms with Crippen molar-refractivity contribution in [2.75, 3.05) is 32.7 Å². The lowest BCUT2D eigenvalue weighted by Crippen LogP contribution is -2.57. The summed E-state index contributed by atoms with van der Waals surface area (Å²) in [5.74, 6) is 1.02. The number of fused-ring (bicyclic) bond motifs is 1. The zero-order valence-corrected chi connectivity index (χ0v) is 11.4. The number of nitrogens with one attached hydrogen (secondary N) is 2. The zero-order chi connectivity index (χ0) is 12.6. The first-order chi connectivity index (χ1) is 8.72. The van der Waals surface area contributed by atoms with E-state index in [-0.39, 0.29) is 5.41 Å². The van der Waals surface area contributed by atoms with Crippen molar-refractivity contribution in [2.45, 2.75) is 38.6 Å². The summed E-state index contributed by atoms with van der Waals surface area (Å²) in [4.78, 5) is 15.1. The Balaban J connectivity index is 1.77. The van der Waals surface area contributed by atoms with Crippen LogP contribution >= 0.6 is 0 Å². The maximum absolute atomic E-state index is 13.0. The number of carbonyl (C=O) groups excluding carboxylic acids is 1. The van der Waals surface area contributed by atoms with Gasteiger partial charge in [0.05, 0.1) is 5.41 Å². The van der Waals surface area contributed by atoms with Gasteiger partial charge in [0.25, 0.3) is 0 Å². The minimum atomic E-state index is -0.0602. The van der Waals surface area contributed by atoms with Gasteiger partial charge in [-0.1, -0.05) is 12.8 Å². The third-order valence-electron chi connectivity index (χ3n) is 5.12. The van der Waals surface area contributed by atoms with Crippen molar-refractivity contribution in [3.63, 3.8) is 0 Å². The Morgan fingerprint density at radius 1 is 1.39 bits per heavy atom. The number of hydrogen-bond donors (Lipinski definition) is 2. The molecule has 0 aromatic heterocycles. The fourth-order valence-corrected chi connectivity index (χ4v) is 4.10. The smallest absolute Gasteiger partial charge is 0.230 e. The van der Waals surface area contributed by atoms with Crippen molar-refractivity contribution < 1.29 is 4.79 Å². The molecule has 4 nitrogen and oxygen atoms in total. The summed E-state index contributed by atoms with van der Waals surface area (Å²) < 4.78 is 0. The summed E-state index contributed by atoms with van der Waals surface area (Å²) in [6, 6.07) is 0.440. The van der Waals surface area contributed by atoms with E-state index >= 15 is 0 Å². The Hall–Kier alpha value is -0.610. The van der Waals surface area contributed by atoms with E-state index in [1.807, 2.05) is 0 Å². The second-order valence-corrected chi connectivity index (χ2v) is 6.34. The van der Waals surface area contributed by atoms with Gasteiger partial charge in [0.15, 0.2) is 0 Å². The third-order valence-corrected chi connectivity index (χ3v) is 5.12. The molecule has 2 heterocycles. The van der Waals surface area contributed by atoms with Crippen molar-refractivity contribution in [1.82, 2.24) is 15.5 Å². The second kappa shape index (κ2) is 4.82. The summed E-state index contributed by atoms with van der Waals surface area (Å²) >= 11 is 0. The lowest BCUT2D eigenvalue weighted by atomic mass is 9.67. The lowest BCUT2D eigenvalue weighted by Gasteiger charge is -2.43. The Morgan fingerprint density at radius 2 is 2.28 bits per heavy atom. The Labute approximate surface area is 109 Å². The molecule has 1 unspecified atom stereocenters. The van der Waals surface area contributed by atoms with Crippen LogP contribution in [0, 0.1) is 11.3 Å². The van der Waals surface area contributed by atoms with Crippen LogP contribution < -0.4 is 10.6 Å². The number of amides is 1. The molecular weight excluding hydrogens is 226 g/mol. The van der Waals surface area contributed by atoms with Crippen LogP contribution in [-0.2, 0) is 4.79 Å². The molecule has 0 aromatic rings. The molecule has 3 rings (SSSR count). The normalized spacial score (nSPS) is 40.6. The van der Waals surface area contributed by atoms with Crippen LogP contribution in [0.25, 0.3) is 0 Å². The molecule has 4 heteroatoms. The minimum absolute atomic E-state index is 0.0602. The quantitative estimate of drug-likeness (QED) is 0.717. The van der Waals surface area contributed by atoms with Crippen LogP contribution in [0.15, 0.2) is 0 Å². The molecule has 3 atom stereocenters. The van der Waals surface area contributed by atoms with E-state index in [0.717, 1.165) is 39.1 Å². The van der Waals surface area contributed by atoms with Crippen LogP contribution in [0.5, 0.6) is 0 Å². The molecule has 1 saturated carbocycles. The van der Waals surface area contributed by atoms with Crippen LogP contribution in [0.2, 0.25) is 0 Å². The largest absolute Gasteiger partial charge is 0.339 e. The van der Waals surface area contributed by atoms with Gasteiger partial charge in [0.2, 0.25) is 5.91 Å². The van der Waals surface area contributed by atoms with Gasteiger partial charge in [-0.05, 0) is 32.2 Å². The van der Waals surface area contributed by atoms with E-state index < -0.39 is 0 Å². The highest BCUT2D eigenvalue weighted by molar-refractivity contribution is 5.84. The zero-order valence-electron chi connectivity index (χ0n) is 11.4. The molecule has 3 aliphatic rings. The third kappa shape index (κ3) is 1.95. The average Bonchev–Trinajstić information content (AvgIpc) is 2.82. The van der Waals surface area contributed by atoms with Gasteiger partial charge < -0.3 is 15.5 Å². The summed E-state index contributed by atoms with van der Waals surface area (Å²) in [7, 11) is 0. The second-order valence-electron chi connectivity index (χ2n) is 6.34. The molecule has 102 valence electrons. The van der Waals surface area contributed by atoms with E-state index in [9.17, 15) is 4.79 Å². The fraction of sp³-hybridized carbons (Fsp3) is 0.929. The molecule has 2 saturated heterocycles. The van der Waals surface area contributed by atoms with E-state index in [0.29, 0.717) is 17.9 Å². The summed E-state index contributed by atoms with van der Waals surface area (Å²) in [5.41, 5.74) is -0.0602. The average molecular weight is 251 g/mol. The Bertz CT molecular complexity index is 333. The maximum atomic E-state index is 13.0. The highest BCUT2D eigenvalue weighted by Gasteiger charge is 2.51. The van der Waals surface area contributed by atoms with Crippen LogP contribution in [0.1, 0.15) is 32.6 Å². The number of piperazine rings is 1. The van der Waals surface area contributed by atoms with Crippen molar-refractivity contribution in [2.24, 2.45) is 11.3 Å². The molecule has 0 spiro atoms. The van der Waals surface area contributed by atoms with E-state index in [4.69, 9.17) is 0 Å². The van der Waals surface area contributed by atoms with E-state index in [1.54, 1.807) is 0 Å². The Kier molecular flexibility index (Phi) is 3.32. The van der Waals surface area contributed by atoms with Gasteiger partial charge in [0.1, 0.15) is 0 Å². The summed E-state index contributed by atoms with van der Waals surface area (Å²) in [6.45, 7) is 6.84. The highest BCUT2D eigenvalue weighted by atomic mass is 16.2. The van der Waals surface area contributed by atoms with Gasteiger partial charge in [-0.3, -0.25) is 4.79 Å². The molecule has 1 aliphatic carbocycles. The van der Waals surface area contributed by atoms with Gasteiger partial charge in [0, 0.05) is 32.2 Å². The number of hydrogen-bond acceptors (Lipinski definition) is 3. The first kappa shape index (κ1) is 12.4. The fourth-order valence-electron chi connectivity index (χ4n) is 4.10. The highest BCUT2D eigenvalue weighted by Crippen LogP contribution is 2.45. The lowest BCUT2D eigenvalue weighted by molar-refractivity contribution is -0.146.